The van der Waals surface area contributed by atoms with Crippen LogP contribution in [0.15, 0.2) is 0 Å². The minimum Gasteiger partial charge on any atom is -0.469 e. The molecule has 16 heavy (non-hydrogen) atoms. The minimum atomic E-state index is -0.176. The molecule has 3 heteroatoms. The standard InChI is InChI=1S/C13H21NO2/c1-12(14)9-3-8-4-10(12)7-13(5-8,6-9)11(15)16-2/h8-10H,3-7,14H2,1-2H3. The van der Waals surface area contributed by atoms with Crippen LogP contribution in [-0.4, -0.2) is 18.6 Å². The zero-order valence-corrected chi connectivity index (χ0v) is 10.2. The van der Waals surface area contributed by atoms with Gasteiger partial charge in [0.25, 0.3) is 0 Å². The van der Waals surface area contributed by atoms with Crippen molar-refractivity contribution in [3.8, 4) is 0 Å². The fourth-order valence-corrected chi connectivity index (χ4v) is 4.73. The number of carbonyl (C=O) groups is 1. The third kappa shape index (κ3) is 1.15. The molecule has 0 aliphatic heterocycles. The Bertz CT molecular complexity index is 319. The second-order valence-electron chi connectivity index (χ2n) is 6.48. The highest BCUT2D eigenvalue weighted by atomic mass is 16.5. The van der Waals surface area contributed by atoms with Gasteiger partial charge in [0.2, 0.25) is 0 Å². The van der Waals surface area contributed by atoms with Crippen LogP contribution in [0.5, 0.6) is 0 Å². The monoisotopic (exact) mass is 223 g/mol. The molecule has 2 unspecified atom stereocenters. The molecule has 3 nitrogen and oxygen atoms in total. The minimum absolute atomic E-state index is 0.0161. The molecule has 4 fully saturated rings. The predicted molar refractivity (Wildman–Crippen MR) is 60.6 cm³/mol. The Morgan fingerprint density at radius 1 is 1.25 bits per heavy atom. The smallest absolute Gasteiger partial charge is 0.311 e. The lowest BCUT2D eigenvalue weighted by molar-refractivity contribution is -0.175. The zero-order valence-electron chi connectivity index (χ0n) is 10.2. The first-order chi connectivity index (χ1) is 7.48. The summed E-state index contributed by atoms with van der Waals surface area (Å²) >= 11 is 0. The van der Waals surface area contributed by atoms with Gasteiger partial charge in [-0.25, -0.2) is 0 Å². The summed E-state index contributed by atoms with van der Waals surface area (Å²) in [5.41, 5.74) is 6.23. The number of hydrogen-bond acceptors (Lipinski definition) is 3. The maximum Gasteiger partial charge on any atom is 0.311 e. The van der Waals surface area contributed by atoms with Crippen LogP contribution in [0.4, 0.5) is 0 Å². The molecule has 0 amide bonds. The molecule has 4 saturated carbocycles. The Kier molecular flexibility index (Phi) is 1.99. The third-order valence-electron chi connectivity index (χ3n) is 5.57. The summed E-state index contributed by atoms with van der Waals surface area (Å²) in [4.78, 5) is 12.0. The topological polar surface area (TPSA) is 52.3 Å². The molecule has 90 valence electrons. The number of carbonyl (C=O) groups excluding carboxylic acids is 1. The van der Waals surface area contributed by atoms with Gasteiger partial charge in [-0.3, -0.25) is 4.79 Å². The fourth-order valence-electron chi connectivity index (χ4n) is 4.73. The number of ether oxygens (including phenoxy) is 1. The van der Waals surface area contributed by atoms with E-state index < -0.39 is 0 Å². The van der Waals surface area contributed by atoms with Gasteiger partial charge in [-0.1, -0.05) is 0 Å². The van der Waals surface area contributed by atoms with E-state index >= 15 is 0 Å². The van der Waals surface area contributed by atoms with Gasteiger partial charge in [0, 0.05) is 5.54 Å². The summed E-state index contributed by atoms with van der Waals surface area (Å²) in [5, 5.41) is 0. The quantitative estimate of drug-likeness (QED) is 0.688. The molecule has 0 aromatic carbocycles. The number of nitrogens with two attached hydrogens (primary N) is 1. The van der Waals surface area contributed by atoms with E-state index in [0.717, 1.165) is 19.3 Å². The van der Waals surface area contributed by atoms with Crippen LogP contribution in [-0.2, 0) is 9.53 Å². The second kappa shape index (κ2) is 3.00. The Morgan fingerprint density at radius 2 is 1.81 bits per heavy atom. The molecule has 0 saturated heterocycles. The number of esters is 1. The van der Waals surface area contributed by atoms with Crippen LogP contribution in [0.25, 0.3) is 0 Å². The highest BCUT2D eigenvalue weighted by Crippen LogP contribution is 2.63. The van der Waals surface area contributed by atoms with Gasteiger partial charge < -0.3 is 10.5 Å². The molecule has 4 bridgehead atoms. The molecule has 0 spiro atoms. The van der Waals surface area contributed by atoms with Crippen molar-refractivity contribution in [2.24, 2.45) is 28.9 Å². The highest BCUT2D eigenvalue weighted by Gasteiger charge is 2.62. The van der Waals surface area contributed by atoms with Gasteiger partial charge in [0.05, 0.1) is 12.5 Å². The average Bonchev–Trinajstić information content (AvgIpc) is 2.24. The van der Waals surface area contributed by atoms with E-state index in [4.69, 9.17) is 10.5 Å². The molecule has 2 atom stereocenters. The molecule has 4 rings (SSSR count). The van der Waals surface area contributed by atoms with E-state index in [-0.39, 0.29) is 16.9 Å². The Hall–Kier alpha value is -0.570. The van der Waals surface area contributed by atoms with Crippen molar-refractivity contribution in [1.29, 1.82) is 0 Å². The van der Waals surface area contributed by atoms with Gasteiger partial charge in [-0.2, -0.15) is 0 Å². The zero-order chi connectivity index (χ0) is 11.6. The van der Waals surface area contributed by atoms with E-state index in [1.807, 2.05) is 0 Å². The van der Waals surface area contributed by atoms with Crippen molar-refractivity contribution in [2.75, 3.05) is 7.11 Å². The van der Waals surface area contributed by atoms with Crippen LogP contribution >= 0.6 is 0 Å². The summed E-state index contributed by atoms with van der Waals surface area (Å²) in [6, 6.07) is 0. The van der Waals surface area contributed by atoms with Crippen molar-refractivity contribution >= 4 is 5.97 Å². The van der Waals surface area contributed by atoms with Crippen molar-refractivity contribution < 1.29 is 9.53 Å². The van der Waals surface area contributed by atoms with Crippen LogP contribution in [0.1, 0.15) is 39.0 Å². The second-order valence-corrected chi connectivity index (χ2v) is 6.48. The third-order valence-corrected chi connectivity index (χ3v) is 5.57. The first kappa shape index (κ1) is 10.6. The van der Waals surface area contributed by atoms with Gasteiger partial charge in [0.15, 0.2) is 0 Å². The summed E-state index contributed by atoms with van der Waals surface area (Å²) in [5.74, 6) is 1.78. The molecular formula is C13H21NO2. The molecule has 4 aliphatic carbocycles. The van der Waals surface area contributed by atoms with Gasteiger partial charge in [0.1, 0.15) is 0 Å². The first-order valence-electron chi connectivity index (χ1n) is 6.35. The average molecular weight is 223 g/mol. The highest BCUT2D eigenvalue weighted by molar-refractivity contribution is 5.77. The Balaban J connectivity index is 1.96. The normalized spacial score (nSPS) is 54.1. The summed E-state index contributed by atoms with van der Waals surface area (Å²) in [6.45, 7) is 2.19. The maximum absolute atomic E-state index is 12.0. The largest absolute Gasteiger partial charge is 0.469 e. The SMILES string of the molecule is COC(=O)C12CC3CC(C1)C(C)(N)C(C3)C2. The predicted octanol–water partition coefficient (Wildman–Crippen LogP) is 1.70. The van der Waals surface area contributed by atoms with Gasteiger partial charge in [-0.05, 0) is 56.8 Å². The fraction of sp³-hybridized carbons (Fsp3) is 0.923. The van der Waals surface area contributed by atoms with Crippen molar-refractivity contribution in [3.05, 3.63) is 0 Å². The van der Waals surface area contributed by atoms with E-state index in [9.17, 15) is 4.79 Å². The van der Waals surface area contributed by atoms with Crippen LogP contribution < -0.4 is 5.73 Å². The number of hydrogen-bond donors (Lipinski definition) is 1. The summed E-state index contributed by atoms with van der Waals surface area (Å²) in [6.07, 6.45) is 5.41. The van der Waals surface area contributed by atoms with Gasteiger partial charge in [-0.15, -0.1) is 0 Å². The first-order valence-corrected chi connectivity index (χ1v) is 6.35. The Labute approximate surface area is 96.7 Å². The van der Waals surface area contributed by atoms with Crippen molar-refractivity contribution in [2.45, 2.75) is 44.6 Å². The van der Waals surface area contributed by atoms with E-state index in [0.29, 0.717) is 17.8 Å². The van der Waals surface area contributed by atoms with Gasteiger partial charge >= 0.3 is 5.97 Å². The lowest BCUT2D eigenvalue weighted by atomic mass is 9.44. The molecule has 0 radical (unpaired) electrons. The van der Waals surface area contributed by atoms with Crippen LogP contribution in [0.2, 0.25) is 0 Å². The molecular weight excluding hydrogens is 202 g/mol. The van der Waals surface area contributed by atoms with Crippen LogP contribution in [0, 0.1) is 23.2 Å². The molecule has 4 aliphatic rings. The summed E-state index contributed by atoms with van der Waals surface area (Å²) < 4.78 is 5.02. The summed E-state index contributed by atoms with van der Waals surface area (Å²) in [7, 11) is 1.52. The van der Waals surface area contributed by atoms with Crippen molar-refractivity contribution in [3.63, 3.8) is 0 Å². The van der Waals surface area contributed by atoms with Crippen LogP contribution in [0.3, 0.4) is 0 Å². The lowest BCUT2D eigenvalue weighted by Gasteiger charge is -2.62. The lowest BCUT2D eigenvalue weighted by Crippen LogP contribution is -2.65. The number of rotatable bonds is 1. The van der Waals surface area contributed by atoms with E-state index in [1.165, 1.54) is 20.0 Å². The molecule has 0 aromatic rings. The number of methoxy groups -OCH3 is 1. The molecule has 0 aromatic heterocycles. The molecule has 2 N–H and O–H groups in total. The van der Waals surface area contributed by atoms with E-state index in [2.05, 4.69) is 6.92 Å². The maximum atomic E-state index is 12.0. The van der Waals surface area contributed by atoms with Crippen molar-refractivity contribution in [1.82, 2.24) is 0 Å². The Morgan fingerprint density at radius 3 is 2.31 bits per heavy atom. The molecule has 0 heterocycles. The van der Waals surface area contributed by atoms with E-state index in [1.54, 1.807) is 0 Å².